The van der Waals surface area contributed by atoms with Gasteiger partial charge in [-0.3, -0.25) is 4.79 Å². The molecule has 1 aromatic rings. The van der Waals surface area contributed by atoms with E-state index in [4.69, 9.17) is 13.9 Å². The molecule has 1 amide bonds. The van der Waals surface area contributed by atoms with E-state index in [1.807, 2.05) is 20.8 Å². The molecule has 1 saturated heterocycles. The number of carbonyl (C=O) groups excluding carboxylic acids is 1. The number of nitrogens with zero attached hydrogens (tertiary/aromatic N) is 3. The maximum atomic E-state index is 12.7. The second-order valence-electron chi connectivity index (χ2n) is 6.67. The van der Waals surface area contributed by atoms with Crippen LogP contribution in [-0.4, -0.2) is 53.5 Å². The molecule has 2 aliphatic rings. The first kappa shape index (κ1) is 16.4. The van der Waals surface area contributed by atoms with E-state index in [0.29, 0.717) is 44.1 Å². The van der Waals surface area contributed by atoms with Crippen molar-refractivity contribution < 1.29 is 18.7 Å². The lowest BCUT2D eigenvalue weighted by Crippen LogP contribution is -2.47. The van der Waals surface area contributed by atoms with E-state index in [0.717, 1.165) is 0 Å². The maximum Gasteiger partial charge on any atom is 0.252 e. The summed E-state index contributed by atoms with van der Waals surface area (Å²) in [6.07, 6.45) is 1.96. The fourth-order valence-electron chi connectivity index (χ4n) is 2.56. The average Bonchev–Trinajstić information content (AvgIpc) is 3.25. The van der Waals surface area contributed by atoms with Crippen molar-refractivity contribution in [2.75, 3.05) is 26.4 Å². The topological polar surface area (TPSA) is 77.7 Å². The van der Waals surface area contributed by atoms with Gasteiger partial charge in [-0.2, -0.15) is 0 Å². The summed E-state index contributed by atoms with van der Waals surface area (Å²) in [6, 6.07) is -0.330. The van der Waals surface area contributed by atoms with E-state index < -0.39 is 6.10 Å². The molecule has 2 heterocycles. The van der Waals surface area contributed by atoms with Gasteiger partial charge in [-0.1, -0.05) is 13.8 Å². The summed E-state index contributed by atoms with van der Waals surface area (Å²) in [7, 11) is 0. The van der Waals surface area contributed by atoms with Crippen molar-refractivity contribution in [3.05, 3.63) is 11.8 Å². The number of hydrogen-bond donors (Lipinski definition) is 0. The number of aromatic nitrogens is 2. The molecule has 2 fully saturated rings. The zero-order valence-corrected chi connectivity index (χ0v) is 14.0. The number of amides is 1. The minimum absolute atomic E-state index is 0.0387. The third kappa shape index (κ3) is 3.90. The Balaban J connectivity index is 1.67. The fraction of sp³-hybridized carbons (Fsp3) is 0.812. The van der Waals surface area contributed by atoms with Crippen molar-refractivity contribution in [1.82, 2.24) is 15.1 Å². The molecule has 0 bridgehead atoms. The normalized spacial score (nSPS) is 23.3. The van der Waals surface area contributed by atoms with Gasteiger partial charge in [0, 0.05) is 12.5 Å². The molecule has 0 spiro atoms. The molecule has 1 aliphatic carbocycles. The molecule has 7 nitrogen and oxygen atoms in total. The van der Waals surface area contributed by atoms with Crippen LogP contribution in [0.4, 0.5) is 0 Å². The predicted molar refractivity (Wildman–Crippen MR) is 81.8 cm³/mol. The van der Waals surface area contributed by atoms with Crippen LogP contribution >= 0.6 is 0 Å². The van der Waals surface area contributed by atoms with Crippen LogP contribution in [0.15, 0.2) is 4.42 Å². The summed E-state index contributed by atoms with van der Waals surface area (Å²) in [5.41, 5.74) is 0. The van der Waals surface area contributed by atoms with Crippen molar-refractivity contribution >= 4 is 5.91 Å². The Morgan fingerprint density at radius 3 is 2.78 bits per heavy atom. The molecule has 0 unspecified atom stereocenters. The average molecular weight is 323 g/mol. The lowest BCUT2D eigenvalue weighted by Gasteiger charge is -2.35. The molecule has 3 rings (SSSR count). The number of hydrogen-bond acceptors (Lipinski definition) is 6. The smallest absolute Gasteiger partial charge is 0.252 e. The molecular weight excluding hydrogens is 298 g/mol. The van der Waals surface area contributed by atoms with Crippen molar-refractivity contribution in [3.63, 3.8) is 0 Å². The highest BCUT2D eigenvalue weighted by atomic mass is 16.5. The van der Waals surface area contributed by atoms with E-state index in [-0.39, 0.29) is 17.9 Å². The lowest BCUT2D eigenvalue weighted by molar-refractivity contribution is -0.152. The minimum Gasteiger partial charge on any atom is -0.423 e. The molecule has 2 atom stereocenters. The molecule has 7 heteroatoms. The highest BCUT2D eigenvalue weighted by Crippen LogP contribution is 2.30. The second-order valence-corrected chi connectivity index (χ2v) is 6.67. The number of rotatable bonds is 6. The molecule has 23 heavy (non-hydrogen) atoms. The van der Waals surface area contributed by atoms with Gasteiger partial charge in [0.2, 0.25) is 11.8 Å². The molecule has 0 N–H and O–H groups in total. The summed E-state index contributed by atoms with van der Waals surface area (Å²) in [4.78, 5) is 14.5. The predicted octanol–water partition coefficient (Wildman–Crippen LogP) is 1.91. The number of carbonyl (C=O) groups is 1. The third-order valence-corrected chi connectivity index (χ3v) is 4.27. The van der Waals surface area contributed by atoms with E-state index in [2.05, 4.69) is 10.2 Å². The zero-order chi connectivity index (χ0) is 16.4. The lowest BCUT2D eigenvalue weighted by atomic mass is 10.2. The van der Waals surface area contributed by atoms with Crippen LogP contribution in [0.1, 0.15) is 57.4 Å². The SMILES string of the molecule is CC(C)c1nnc([C@H]2COCCN2C(=O)[C@@H](C)OCC2CC2)o1. The summed E-state index contributed by atoms with van der Waals surface area (Å²) in [6.45, 7) is 7.87. The van der Waals surface area contributed by atoms with E-state index in [1.54, 1.807) is 4.90 Å². The van der Waals surface area contributed by atoms with Gasteiger partial charge in [-0.15, -0.1) is 10.2 Å². The Bertz CT molecular complexity index is 541. The van der Waals surface area contributed by atoms with Gasteiger partial charge in [0.05, 0.1) is 19.8 Å². The van der Waals surface area contributed by atoms with Gasteiger partial charge in [0.1, 0.15) is 12.1 Å². The Kier molecular flexibility index (Phi) is 4.96. The van der Waals surface area contributed by atoms with Crippen molar-refractivity contribution in [2.24, 2.45) is 5.92 Å². The molecule has 128 valence electrons. The summed E-state index contributed by atoms with van der Waals surface area (Å²) in [5.74, 6) is 1.77. The zero-order valence-electron chi connectivity index (χ0n) is 14.0. The molecule has 1 aromatic heterocycles. The maximum absolute atomic E-state index is 12.7. The van der Waals surface area contributed by atoms with Gasteiger partial charge in [0.15, 0.2) is 0 Å². The standard InChI is InChI=1S/C16H25N3O4/c1-10(2)14-17-18-15(23-14)13-9-21-7-6-19(13)16(20)11(3)22-8-12-4-5-12/h10-13H,4-9H2,1-3H3/t11-,13-/m1/s1. The molecule has 1 aliphatic heterocycles. The molecule has 0 aromatic carbocycles. The first-order chi connectivity index (χ1) is 11.1. The van der Waals surface area contributed by atoms with Gasteiger partial charge in [-0.25, -0.2) is 0 Å². The van der Waals surface area contributed by atoms with E-state index >= 15 is 0 Å². The van der Waals surface area contributed by atoms with Crippen LogP contribution < -0.4 is 0 Å². The second kappa shape index (κ2) is 6.97. The Morgan fingerprint density at radius 1 is 1.35 bits per heavy atom. The van der Waals surface area contributed by atoms with E-state index in [9.17, 15) is 4.79 Å². The monoisotopic (exact) mass is 323 g/mol. The summed E-state index contributed by atoms with van der Waals surface area (Å²) >= 11 is 0. The molecule has 0 radical (unpaired) electrons. The largest absolute Gasteiger partial charge is 0.423 e. The van der Waals surface area contributed by atoms with Crippen LogP contribution in [0.5, 0.6) is 0 Å². The van der Waals surface area contributed by atoms with Crippen LogP contribution in [0.25, 0.3) is 0 Å². The van der Waals surface area contributed by atoms with Gasteiger partial charge < -0.3 is 18.8 Å². The third-order valence-electron chi connectivity index (χ3n) is 4.27. The van der Waals surface area contributed by atoms with Crippen LogP contribution in [0.2, 0.25) is 0 Å². The fourth-order valence-corrected chi connectivity index (χ4v) is 2.56. The Morgan fingerprint density at radius 2 is 2.13 bits per heavy atom. The Labute approximate surface area is 136 Å². The highest BCUT2D eigenvalue weighted by Gasteiger charge is 2.35. The van der Waals surface area contributed by atoms with Gasteiger partial charge in [0.25, 0.3) is 5.91 Å². The molecular formula is C16H25N3O4. The highest BCUT2D eigenvalue weighted by molar-refractivity contribution is 5.81. The van der Waals surface area contributed by atoms with Gasteiger partial charge >= 0.3 is 0 Å². The van der Waals surface area contributed by atoms with Crippen molar-refractivity contribution in [1.29, 1.82) is 0 Å². The van der Waals surface area contributed by atoms with Gasteiger partial charge in [-0.05, 0) is 25.7 Å². The van der Waals surface area contributed by atoms with E-state index in [1.165, 1.54) is 12.8 Å². The van der Waals surface area contributed by atoms with Crippen LogP contribution in [0, 0.1) is 5.92 Å². The summed E-state index contributed by atoms with van der Waals surface area (Å²) < 4.78 is 16.9. The first-order valence-corrected chi connectivity index (χ1v) is 8.39. The van der Waals surface area contributed by atoms with Crippen LogP contribution in [-0.2, 0) is 14.3 Å². The minimum atomic E-state index is -0.455. The van der Waals surface area contributed by atoms with Crippen molar-refractivity contribution in [2.45, 2.75) is 51.7 Å². The van der Waals surface area contributed by atoms with Crippen molar-refractivity contribution in [3.8, 4) is 0 Å². The van der Waals surface area contributed by atoms with Crippen LogP contribution in [0.3, 0.4) is 0 Å². The summed E-state index contributed by atoms with van der Waals surface area (Å²) in [5, 5.41) is 8.16. The number of ether oxygens (including phenoxy) is 2. The molecule has 1 saturated carbocycles. The first-order valence-electron chi connectivity index (χ1n) is 8.39. The number of morpholine rings is 1. The Hall–Kier alpha value is -1.47. The quantitative estimate of drug-likeness (QED) is 0.796.